The molecule has 2 bridgehead atoms. The van der Waals surface area contributed by atoms with Gasteiger partial charge in [-0.2, -0.15) is 13.2 Å². The molecule has 0 aliphatic carbocycles. The van der Waals surface area contributed by atoms with Gasteiger partial charge >= 0.3 is 6.18 Å². The van der Waals surface area contributed by atoms with Gasteiger partial charge in [-0.25, -0.2) is 4.98 Å². The molecule has 0 radical (unpaired) electrons. The van der Waals surface area contributed by atoms with Gasteiger partial charge in [-0.1, -0.05) is 0 Å². The van der Waals surface area contributed by atoms with Gasteiger partial charge in [0, 0.05) is 36.1 Å². The first kappa shape index (κ1) is 15.8. The lowest BCUT2D eigenvalue weighted by atomic mass is 9.97. The van der Waals surface area contributed by atoms with E-state index in [0.29, 0.717) is 10.6 Å². The smallest absolute Gasteiger partial charge is 0.347 e. The number of piperidine rings is 1. The zero-order valence-corrected chi connectivity index (χ0v) is 13.6. The third-order valence-corrected chi connectivity index (χ3v) is 5.73. The van der Waals surface area contributed by atoms with Gasteiger partial charge in [0.15, 0.2) is 0 Å². The van der Waals surface area contributed by atoms with Crippen LogP contribution in [-0.2, 0) is 6.18 Å². The van der Waals surface area contributed by atoms with Crippen LogP contribution in [0.4, 0.5) is 13.2 Å². The fourth-order valence-corrected chi connectivity index (χ4v) is 4.62. The van der Waals surface area contributed by atoms with Gasteiger partial charge in [0.25, 0.3) is 5.91 Å². The minimum Gasteiger partial charge on any atom is -0.347 e. The van der Waals surface area contributed by atoms with Crippen LogP contribution in [0, 0.1) is 5.92 Å². The van der Waals surface area contributed by atoms with Crippen LogP contribution < -0.4 is 5.32 Å². The van der Waals surface area contributed by atoms with Gasteiger partial charge < -0.3 is 10.2 Å². The van der Waals surface area contributed by atoms with E-state index in [-0.39, 0.29) is 17.1 Å². The summed E-state index contributed by atoms with van der Waals surface area (Å²) in [6, 6.07) is 1.29. The summed E-state index contributed by atoms with van der Waals surface area (Å²) in [5.41, 5.74) is -0.667. The van der Waals surface area contributed by atoms with Crippen molar-refractivity contribution in [2.24, 2.45) is 5.92 Å². The molecule has 2 saturated heterocycles. The van der Waals surface area contributed by atoms with Crippen molar-refractivity contribution in [2.75, 3.05) is 19.6 Å². The number of hydrogen-bond acceptors (Lipinski definition) is 4. The molecule has 2 aliphatic heterocycles. The van der Waals surface area contributed by atoms with Crippen molar-refractivity contribution in [3.05, 3.63) is 28.9 Å². The Kier molecular flexibility index (Phi) is 3.76. The van der Waals surface area contributed by atoms with Crippen molar-refractivity contribution >= 4 is 27.3 Å². The molecule has 0 aromatic carbocycles. The number of hydrogen-bond donors (Lipinski definition) is 1. The van der Waals surface area contributed by atoms with E-state index in [9.17, 15) is 18.0 Å². The SMILES string of the molecule is O=C(N[C@@H]1C[C@@H]2CCN(C2)C1)c1cc2c(C(F)(F)F)csc2cn1. The highest BCUT2D eigenvalue weighted by molar-refractivity contribution is 7.17. The van der Waals surface area contributed by atoms with Gasteiger partial charge in [0.2, 0.25) is 0 Å². The lowest BCUT2D eigenvalue weighted by Gasteiger charge is -2.30. The molecule has 2 aromatic heterocycles. The molecule has 4 heterocycles. The zero-order valence-electron chi connectivity index (χ0n) is 12.8. The van der Waals surface area contributed by atoms with Crippen LogP contribution in [0.25, 0.3) is 10.1 Å². The van der Waals surface area contributed by atoms with Crippen molar-refractivity contribution < 1.29 is 18.0 Å². The van der Waals surface area contributed by atoms with E-state index >= 15 is 0 Å². The zero-order chi connectivity index (χ0) is 16.9. The lowest BCUT2D eigenvalue weighted by Crippen LogP contribution is -2.47. The summed E-state index contributed by atoms with van der Waals surface area (Å²) in [5, 5.41) is 4.04. The molecule has 1 amide bonds. The summed E-state index contributed by atoms with van der Waals surface area (Å²) >= 11 is 0.985. The number of alkyl halides is 3. The number of aromatic nitrogens is 1. The Morgan fingerprint density at radius 2 is 2.21 bits per heavy atom. The van der Waals surface area contributed by atoms with E-state index in [2.05, 4.69) is 15.2 Å². The van der Waals surface area contributed by atoms with Crippen molar-refractivity contribution in [1.82, 2.24) is 15.2 Å². The number of fused-ring (bicyclic) bond motifs is 3. The van der Waals surface area contributed by atoms with Crippen LogP contribution >= 0.6 is 11.3 Å². The Hall–Kier alpha value is -1.67. The van der Waals surface area contributed by atoms with Gasteiger partial charge in [0.1, 0.15) is 5.69 Å². The minimum absolute atomic E-state index is 0.0410. The first-order chi connectivity index (χ1) is 11.4. The highest BCUT2D eigenvalue weighted by Crippen LogP contribution is 2.38. The number of rotatable bonds is 2. The van der Waals surface area contributed by atoms with E-state index in [1.165, 1.54) is 12.3 Å². The highest BCUT2D eigenvalue weighted by Gasteiger charge is 2.35. The van der Waals surface area contributed by atoms with Crippen LogP contribution in [0.1, 0.15) is 28.9 Å². The highest BCUT2D eigenvalue weighted by atomic mass is 32.1. The maximum Gasteiger partial charge on any atom is 0.417 e. The second-order valence-corrected chi connectivity index (χ2v) is 7.44. The number of halogens is 3. The molecule has 3 atom stereocenters. The molecule has 0 saturated carbocycles. The molecule has 2 aromatic rings. The van der Waals surface area contributed by atoms with Crippen LogP contribution in [0.5, 0.6) is 0 Å². The number of nitrogens with zero attached hydrogens (tertiary/aromatic N) is 2. The van der Waals surface area contributed by atoms with E-state index in [0.717, 1.165) is 49.2 Å². The molecule has 2 fully saturated rings. The van der Waals surface area contributed by atoms with Crippen LogP contribution in [0.2, 0.25) is 0 Å². The van der Waals surface area contributed by atoms with Gasteiger partial charge in [0.05, 0.1) is 10.3 Å². The van der Waals surface area contributed by atoms with Crippen LogP contribution in [0.15, 0.2) is 17.6 Å². The molecule has 8 heteroatoms. The molecule has 128 valence electrons. The molecular weight excluding hydrogens is 339 g/mol. The van der Waals surface area contributed by atoms with Gasteiger partial charge in [-0.05, 0) is 31.4 Å². The number of nitrogens with one attached hydrogen (secondary N) is 1. The predicted octanol–water partition coefficient (Wildman–Crippen LogP) is 3.14. The molecule has 4 nitrogen and oxygen atoms in total. The number of carbonyl (C=O) groups is 1. The third-order valence-electron chi connectivity index (χ3n) is 4.80. The Bertz CT molecular complexity index is 776. The first-order valence-corrected chi connectivity index (χ1v) is 8.76. The maximum atomic E-state index is 13.0. The predicted molar refractivity (Wildman–Crippen MR) is 85.0 cm³/mol. The first-order valence-electron chi connectivity index (χ1n) is 7.88. The maximum absolute atomic E-state index is 13.0. The Labute approximate surface area is 140 Å². The van der Waals surface area contributed by atoms with Gasteiger partial charge in [-0.3, -0.25) is 4.79 Å². The number of thiophene rings is 1. The van der Waals surface area contributed by atoms with Crippen molar-refractivity contribution in [1.29, 1.82) is 0 Å². The van der Waals surface area contributed by atoms with E-state index in [4.69, 9.17) is 0 Å². The van der Waals surface area contributed by atoms with Gasteiger partial charge in [-0.15, -0.1) is 11.3 Å². The monoisotopic (exact) mass is 355 g/mol. The minimum atomic E-state index is -4.43. The van der Waals surface area contributed by atoms with Crippen molar-refractivity contribution in [2.45, 2.75) is 25.1 Å². The lowest BCUT2D eigenvalue weighted by molar-refractivity contribution is -0.136. The second kappa shape index (κ2) is 5.70. The van der Waals surface area contributed by atoms with E-state index in [1.807, 2.05) is 0 Å². The standard InChI is InChI=1S/C16H16F3N3OS/c17-16(18,19)12-8-24-14-5-20-13(4-11(12)14)15(23)21-10-3-9-1-2-22(6-9)7-10/h4-5,8-10H,1-3,6-7H2,(H,21,23)/t9-,10+/m0/s1. The molecule has 1 unspecified atom stereocenters. The number of amides is 1. The molecule has 24 heavy (non-hydrogen) atoms. The average molecular weight is 355 g/mol. The summed E-state index contributed by atoms with van der Waals surface area (Å²) in [5.74, 6) is 0.205. The summed E-state index contributed by atoms with van der Waals surface area (Å²) in [7, 11) is 0. The normalized spacial score (nSPS) is 26.7. The second-order valence-electron chi connectivity index (χ2n) is 6.53. The number of carbonyl (C=O) groups excluding carboxylic acids is 1. The van der Waals surface area contributed by atoms with Crippen molar-refractivity contribution in [3.63, 3.8) is 0 Å². The summed E-state index contributed by atoms with van der Waals surface area (Å²) in [4.78, 5) is 18.8. The Morgan fingerprint density at radius 1 is 1.38 bits per heavy atom. The summed E-state index contributed by atoms with van der Waals surface area (Å²) in [6.07, 6.45) is -1.00. The topological polar surface area (TPSA) is 45.2 Å². The number of pyridine rings is 1. The Morgan fingerprint density at radius 3 is 2.96 bits per heavy atom. The molecule has 0 spiro atoms. The molecule has 1 N–H and O–H groups in total. The Balaban J connectivity index is 1.56. The fourth-order valence-electron chi connectivity index (χ4n) is 3.70. The largest absolute Gasteiger partial charge is 0.417 e. The van der Waals surface area contributed by atoms with E-state index < -0.39 is 17.6 Å². The fraction of sp³-hybridized carbons (Fsp3) is 0.500. The van der Waals surface area contributed by atoms with Crippen LogP contribution in [0.3, 0.4) is 0 Å². The summed E-state index contributed by atoms with van der Waals surface area (Å²) < 4.78 is 39.5. The third kappa shape index (κ3) is 2.88. The van der Waals surface area contributed by atoms with Crippen molar-refractivity contribution in [3.8, 4) is 0 Å². The quantitative estimate of drug-likeness (QED) is 0.900. The molecule has 2 aliphatic rings. The molecular formula is C16H16F3N3OS. The van der Waals surface area contributed by atoms with E-state index in [1.54, 1.807) is 0 Å². The average Bonchev–Trinajstić information content (AvgIpc) is 3.09. The molecule has 4 rings (SSSR count). The summed E-state index contributed by atoms with van der Waals surface area (Å²) in [6.45, 7) is 2.95. The van der Waals surface area contributed by atoms with Crippen LogP contribution in [-0.4, -0.2) is 41.5 Å².